The molecule has 2 aromatic rings. The molecule has 0 unspecified atom stereocenters. The highest BCUT2D eigenvalue weighted by Gasteiger charge is 2.35. The zero-order chi connectivity index (χ0) is 21.8. The van der Waals surface area contributed by atoms with Gasteiger partial charge in [-0.1, -0.05) is 23.7 Å². The lowest BCUT2D eigenvalue weighted by Crippen LogP contribution is -2.27. The quantitative estimate of drug-likeness (QED) is 0.532. The van der Waals surface area contributed by atoms with Gasteiger partial charge in [0.1, 0.15) is 0 Å². The number of amides is 2. The topological polar surface area (TPSA) is 93.1 Å². The van der Waals surface area contributed by atoms with Gasteiger partial charge in [-0.3, -0.25) is 14.5 Å². The summed E-state index contributed by atoms with van der Waals surface area (Å²) in [6, 6.07) is 10.2. The number of nitrogens with zero attached hydrogens (tertiary/aromatic N) is 1. The first-order valence-corrected chi connectivity index (χ1v) is 10.5. The summed E-state index contributed by atoms with van der Waals surface area (Å²) in [7, 11) is 1.41. The van der Waals surface area contributed by atoms with Crippen molar-refractivity contribution in [1.29, 1.82) is 0 Å². The molecule has 1 N–H and O–H groups in total. The summed E-state index contributed by atoms with van der Waals surface area (Å²) >= 11 is 10.1. The number of halogens is 2. The Labute approximate surface area is 189 Å². The number of rotatable bonds is 7. The smallest absolute Gasteiger partial charge is 0.341 e. The van der Waals surface area contributed by atoms with Crippen molar-refractivity contribution in [1.82, 2.24) is 4.90 Å². The summed E-state index contributed by atoms with van der Waals surface area (Å²) in [5.41, 5.74) is 1.32. The Hall–Kier alpha value is -2.49. The second-order valence-corrected chi connectivity index (χ2v) is 8.40. The van der Waals surface area contributed by atoms with Gasteiger partial charge in [0, 0.05) is 5.02 Å². The lowest BCUT2D eigenvalue weighted by atomic mass is 10.1. The molecule has 30 heavy (non-hydrogen) atoms. The standard InChI is InChI=1S/C20H15BrClNO6S/c1-28-15-7-12(6-14(21)18(15)29-10-17(24)25)8-16-19(26)23(20(27)30-16)9-11-3-2-4-13(22)5-11/h2-8H,9-10H2,1H3,(H,24,25)/b16-8-. The van der Waals surface area contributed by atoms with Crippen LogP contribution in [0.15, 0.2) is 45.8 Å². The number of carbonyl (C=O) groups is 3. The monoisotopic (exact) mass is 511 g/mol. The van der Waals surface area contributed by atoms with Crippen LogP contribution in [0.4, 0.5) is 4.79 Å². The van der Waals surface area contributed by atoms with Crippen LogP contribution < -0.4 is 9.47 Å². The molecule has 1 fully saturated rings. The van der Waals surface area contributed by atoms with Gasteiger partial charge < -0.3 is 14.6 Å². The van der Waals surface area contributed by atoms with E-state index in [-0.39, 0.29) is 28.2 Å². The average molecular weight is 513 g/mol. The van der Waals surface area contributed by atoms with Crippen molar-refractivity contribution in [3.8, 4) is 11.5 Å². The minimum Gasteiger partial charge on any atom is -0.493 e. The number of methoxy groups -OCH3 is 1. The van der Waals surface area contributed by atoms with Crippen molar-refractivity contribution >= 4 is 62.5 Å². The van der Waals surface area contributed by atoms with E-state index in [0.29, 0.717) is 15.1 Å². The summed E-state index contributed by atoms with van der Waals surface area (Å²) < 4.78 is 11.0. The number of carbonyl (C=O) groups excluding carboxylic acids is 2. The molecule has 1 saturated heterocycles. The van der Waals surface area contributed by atoms with Crippen LogP contribution in [0.2, 0.25) is 5.02 Å². The molecule has 2 aromatic carbocycles. The minimum atomic E-state index is -1.12. The Morgan fingerprint density at radius 3 is 2.73 bits per heavy atom. The van der Waals surface area contributed by atoms with E-state index in [9.17, 15) is 14.4 Å². The molecule has 0 spiro atoms. The molecule has 0 aliphatic carbocycles. The number of thioether (sulfide) groups is 1. The van der Waals surface area contributed by atoms with Crippen LogP contribution in [0.5, 0.6) is 11.5 Å². The van der Waals surface area contributed by atoms with Crippen LogP contribution in [0.3, 0.4) is 0 Å². The fourth-order valence-electron chi connectivity index (χ4n) is 2.70. The van der Waals surface area contributed by atoms with Gasteiger partial charge >= 0.3 is 5.97 Å². The largest absolute Gasteiger partial charge is 0.493 e. The van der Waals surface area contributed by atoms with Crippen molar-refractivity contribution in [2.24, 2.45) is 0 Å². The number of benzene rings is 2. The number of carboxylic acid groups (broad SMARTS) is 1. The van der Waals surface area contributed by atoms with E-state index in [1.54, 1.807) is 42.5 Å². The molecule has 0 bridgehead atoms. The third-order valence-electron chi connectivity index (χ3n) is 3.99. The van der Waals surface area contributed by atoms with Crippen LogP contribution in [-0.2, 0) is 16.1 Å². The van der Waals surface area contributed by atoms with E-state index in [4.69, 9.17) is 26.2 Å². The predicted octanol–water partition coefficient (Wildman–Crippen LogP) is 4.81. The minimum absolute atomic E-state index is 0.123. The zero-order valence-electron chi connectivity index (χ0n) is 15.6. The Balaban J connectivity index is 1.84. The molecular weight excluding hydrogens is 498 g/mol. The third-order valence-corrected chi connectivity index (χ3v) is 5.72. The normalized spacial score (nSPS) is 15.0. The molecule has 156 valence electrons. The van der Waals surface area contributed by atoms with E-state index in [2.05, 4.69) is 15.9 Å². The van der Waals surface area contributed by atoms with Crippen LogP contribution in [0.25, 0.3) is 6.08 Å². The predicted molar refractivity (Wildman–Crippen MR) is 117 cm³/mol. The summed E-state index contributed by atoms with van der Waals surface area (Å²) in [6.45, 7) is -0.408. The van der Waals surface area contributed by atoms with Crippen LogP contribution in [-0.4, -0.2) is 40.8 Å². The number of aliphatic carboxylic acids is 1. The average Bonchev–Trinajstić information content (AvgIpc) is 2.94. The Kier molecular flexibility index (Phi) is 7.06. The van der Waals surface area contributed by atoms with Gasteiger partial charge in [0.2, 0.25) is 0 Å². The molecule has 2 amide bonds. The first kappa shape index (κ1) is 22.2. The van der Waals surface area contributed by atoms with Gasteiger partial charge in [-0.15, -0.1) is 0 Å². The Bertz CT molecular complexity index is 1060. The molecule has 0 aromatic heterocycles. The summed E-state index contributed by atoms with van der Waals surface area (Å²) in [6.07, 6.45) is 1.57. The fourth-order valence-corrected chi connectivity index (χ4v) is 4.33. The number of ether oxygens (including phenoxy) is 2. The zero-order valence-corrected chi connectivity index (χ0v) is 18.7. The van der Waals surface area contributed by atoms with Gasteiger partial charge in [0.05, 0.1) is 23.0 Å². The molecule has 1 aliphatic rings. The maximum atomic E-state index is 12.7. The second kappa shape index (κ2) is 9.55. The van der Waals surface area contributed by atoms with Crippen LogP contribution in [0.1, 0.15) is 11.1 Å². The molecule has 7 nitrogen and oxygen atoms in total. The summed E-state index contributed by atoms with van der Waals surface area (Å²) in [5.74, 6) is -1.02. The van der Waals surface area contributed by atoms with E-state index in [1.807, 2.05) is 0 Å². The molecule has 3 rings (SSSR count). The third kappa shape index (κ3) is 5.16. The molecule has 1 heterocycles. The molecule has 10 heteroatoms. The number of hydrogen-bond acceptors (Lipinski definition) is 6. The Morgan fingerprint density at radius 1 is 1.30 bits per heavy atom. The van der Waals surface area contributed by atoms with Crippen molar-refractivity contribution in [2.45, 2.75) is 6.54 Å². The maximum absolute atomic E-state index is 12.7. The molecular formula is C20H15BrClNO6S. The molecule has 0 atom stereocenters. The van der Waals surface area contributed by atoms with Gasteiger partial charge in [0.25, 0.3) is 11.1 Å². The van der Waals surface area contributed by atoms with E-state index >= 15 is 0 Å². The highest BCUT2D eigenvalue weighted by Crippen LogP contribution is 2.39. The Morgan fingerprint density at radius 2 is 2.07 bits per heavy atom. The highest BCUT2D eigenvalue weighted by atomic mass is 79.9. The SMILES string of the molecule is COc1cc(/C=C2\SC(=O)N(Cc3cccc(Cl)c3)C2=O)cc(Br)c1OCC(=O)O. The van der Waals surface area contributed by atoms with Gasteiger partial charge in [-0.25, -0.2) is 4.79 Å². The first-order chi connectivity index (χ1) is 14.3. The van der Waals surface area contributed by atoms with Crippen molar-refractivity contribution in [2.75, 3.05) is 13.7 Å². The lowest BCUT2D eigenvalue weighted by molar-refractivity contribution is -0.139. The van der Waals surface area contributed by atoms with Gasteiger partial charge in [0.15, 0.2) is 18.1 Å². The highest BCUT2D eigenvalue weighted by molar-refractivity contribution is 9.10. The van der Waals surface area contributed by atoms with Crippen molar-refractivity contribution in [3.63, 3.8) is 0 Å². The van der Waals surface area contributed by atoms with E-state index in [0.717, 1.165) is 22.2 Å². The number of carboxylic acids is 1. The van der Waals surface area contributed by atoms with Crippen LogP contribution >= 0.6 is 39.3 Å². The molecule has 0 radical (unpaired) electrons. The second-order valence-electron chi connectivity index (χ2n) is 6.11. The van der Waals surface area contributed by atoms with E-state index in [1.165, 1.54) is 7.11 Å². The van der Waals surface area contributed by atoms with Crippen LogP contribution in [0, 0.1) is 0 Å². The summed E-state index contributed by atoms with van der Waals surface area (Å²) in [4.78, 5) is 37.3. The molecule has 0 saturated carbocycles. The van der Waals surface area contributed by atoms with Crippen molar-refractivity contribution < 1.29 is 29.0 Å². The molecule has 1 aliphatic heterocycles. The number of hydrogen-bond donors (Lipinski definition) is 1. The summed E-state index contributed by atoms with van der Waals surface area (Å²) in [5, 5.41) is 8.95. The fraction of sp³-hybridized carbons (Fsp3) is 0.150. The van der Waals surface area contributed by atoms with Crippen molar-refractivity contribution in [3.05, 3.63) is 61.9 Å². The van der Waals surface area contributed by atoms with E-state index < -0.39 is 18.5 Å². The number of imide groups is 1. The van der Waals surface area contributed by atoms with Gasteiger partial charge in [-0.05, 0) is 69.2 Å². The first-order valence-electron chi connectivity index (χ1n) is 8.50. The van der Waals surface area contributed by atoms with Gasteiger partial charge in [-0.2, -0.15) is 0 Å². The lowest BCUT2D eigenvalue weighted by Gasteiger charge is -2.13. The maximum Gasteiger partial charge on any atom is 0.341 e.